The summed E-state index contributed by atoms with van der Waals surface area (Å²) in [5, 5.41) is 14.0. The molecule has 0 saturated heterocycles. The lowest BCUT2D eigenvalue weighted by Crippen LogP contribution is -2.22. The van der Waals surface area contributed by atoms with E-state index in [1.54, 1.807) is 0 Å². The van der Waals surface area contributed by atoms with Crippen LogP contribution in [0.15, 0.2) is 0 Å². The second-order valence-electron chi connectivity index (χ2n) is 4.15. The third-order valence-electron chi connectivity index (χ3n) is 3.16. The molecule has 0 atom stereocenters. The maximum absolute atomic E-state index is 5.65. The van der Waals surface area contributed by atoms with Crippen LogP contribution in [0.5, 0.6) is 0 Å². The normalized spacial score (nSPS) is 27.8. The van der Waals surface area contributed by atoms with Gasteiger partial charge < -0.3 is 5.73 Å². The minimum Gasteiger partial charge on any atom is -0.330 e. The Hall–Kier alpha value is -0.970. The van der Waals surface area contributed by atoms with Crippen LogP contribution < -0.4 is 5.73 Å². The van der Waals surface area contributed by atoms with E-state index in [1.165, 1.54) is 25.7 Å². The topological polar surface area (TPSA) is 80.5 Å². The highest BCUT2D eigenvalue weighted by atomic mass is 15.5. The van der Waals surface area contributed by atoms with E-state index in [0.29, 0.717) is 0 Å². The van der Waals surface area contributed by atoms with Crippen molar-refractivity contribution in [3.63, 3.8) is 0 Å². The smallest absolute Gasteiger partial charge is 0.174 e. The van der Waals surface area contributed by atoms with Crippen molar-refractivity contribution in [2.24, 2.45) is 17.6 Å². The fourth-order valence-electron chi connectivity index (χ4n) is 2.20. The largest absolute Gasteiger partial charge is 0.330 e. The molecule has 0 bridgehead atoms. The molecule has 1 aliphatic rings. The average molecular weight is 195 g/mol. The van der Waals surface area contributed by atoms with Crippen molar-refractivity contribution in [1.82, 2.24) is 20.6 Å². The summed E-state index contributed by atoms with van der Waals surface area (Å²) < 4.78 is 0. The molecule has 1 heterocycles. The first-order valence-corrected chi connectivity index (χ1v) is 5.31. The molecule has 5 nitrogen and oxygen atoms in total. The van der Waals surface area contributed by atoms with Crippen molar-refractivity contribution in [1.29, 1.82) is 0 Å². The average Bonchev–Trinajstić information content (AvgIpc) is 2.72. The zero-order valence-corrected chi connectivity index (χ0v) is 8.32. The Balaban J connectivity index is 1.79. The van der Waals surface area contributed by atoms with Gasteiger partial charge in [0.25, 0.3) is 0 Å². The third-order valence-corrected chi connectivity index (χ3v) is 3.16. The van der Waals surface area contributed by atoms with E-state index in [2.05, 4.69) is 20.6 Å². The van der Waals surface area contributed by atoms with Gasteiger partial charge in [0.05, 0.1) is 0 Å². The summed E-state index contributed by atoms with van der Waals surface area (Å²) in [6.07, 6.45) is 6.01. The second-order valence-corrected chi connectivity index (χ2v) is 4.15. The third kappa shape index (κ3) is 2.29. The van der Waals surface area contributed by atoms with Crippen molar-refractivity contribution < 1.29 is 0 Å². The lowest BCUT2D eigenvalue weighted by atomic mass is 9.80. The van der Waals surface area contributed by atoms with Crippen molar-refractivity contribution >= 4 is 0 Å². The first-order chi connectivity index (χ1) is 6.88. The molecule has 1 aromatic rings. The lowest BCUT2D eigenvalue weighted by molar-refractivity contribution is 0.276. The number of rotatable bonds is 3. The maximum Gasteiger partial charge on any atom is 0.174 e. The summed E-state index contributed by atoms with van der Waals surface area (Å²) in [7, 11) is 0. The van der Waals surface area contributed by atoms with E-state index in [9.17, 15) is 0 Å². The number of nitrogens with one attached hydrogen (secondary N) is 1. The number of aromatic amines is 1. The Morgan fingerprint density at radius 2 is 1.93 bits per heavy atom. The minimum atomic E-state index is 0.732. The van der Waals surface area contributed by atoms with E-state index in [1.807, 2.05) is 0 Å². The number of hydrogen-bond acceptors (Lipinski definition) is 4. The second kappa shape index (κ2) is 4.50. The van der Waals surface area contributed by atoms with Crippen LogP contribution in [0.25, 0.3) is 0 Å². The highest BCUT2D eigenvalue weighted by Crippen LogP contribution is 2.29. The molecular weight excluding hydrogens is 178 g/mol. The first-order valence-electron chi connectivity index (χ1n) is 5.31. The molecule has 0 aromatic carbocycles. The molecule has 1 fully saturated rings. The quantitative estimate of drug-likeness (QED) is 0.736. The monoisotopic (exact) mass is 195 g/mol. The van der Waals surface area contributed by atoms with Gasteiger partial charge in [-0.2, -0.15) is 5.21 Å². The lowest BCUT2D eigenvalue weighted by Gasteiger charge is -2.26. The van der Waals surface area contributed by atoms with E-state index < -0.39 is 0 Å². The Bertz CT molecular complexity index is 250. The van der Waals surface area contributed by atoms with Crippen LogP contribution in [-0.2, 0) is 6.42 Å². The van der Waals surface area contributed by atoms with Crippen molar-refractivity contribution in [3.8, 4) is 0 Å². The van der Waals surface area contributed by atoms with Crippen LogP contribution in [-0.4, -0.2) is 27.2 Å². The zero-order chi connectivity index (χ0) is 9.80. The number of nitrogens with two attached hydrogens (primary N) is 1. The Morgan fingerprint density at radius 3 is 2.50 bits per heavy atom. The van der Waals surface area contributed by atoms with Crippen LogP contribution >= 0.6 is 0 Å². The highest BCUT2D eigenvalue weighted by molar-refractivity contribution is 4.83. The molecule has 2 rings (SSSR count). The fraction of sp³-hybridized carbons (Fsp3) is 0.889. The van der Waals surface area contributed by atoms with Crippen LogP contribution in [0.3, 0.4) is 0 Å². The first kappa shape index (κ1) is 9.58. The number of hydrogen-bond donors (Lipinski definition) is 2. The van der Waals surface area contributed by atoms with Gasteiger partial charge in [-0.3, -0.25) is 0 Å². The molecular formula is C9H17N5. The van der Waals surface area contributed by atoms with Gasteiger partial charge in [-0.15, -0.1) is 10.2 Å². The van der Waals surface area contributed by atoms with Gasteiger partial charge >= 0.3 is 0 Å². The van der Waals surface area contributed by atoms with Crippen LogP contribution in [0.1, 0.15) is 31.5 Å². The van der Waals surface area contributed by atoms with Crippen molar-refractivity contribution in [3.05, 3.63) is 5.82 Å². The number of nitrogens with zero attached hydrogens (tertiary/aromatic N) is 3. The van der Waals surface area contributed by atoms with E-state index >= 15 is 0 Å². The molecule has 0 aliphatic heterocycles. The van der Waals surface area contributed by atoms with Crippen molar-refractivity contribution in [2.75, 3.05) is 6.54 Å². The van der Waals surface area contributed by atoms with E-state index in [0.717, 1.165) is 30.6 Å². The summed E-state index contributed by atoms with van der Waals surface area (Å²) in [5.41, 5.74) is 5.65. The standard InChI is InChI=1S/C9H17N5/c10-6-8-3-1-7(2-4-8)5-9-11-13-14-12-9/h7-8H,1-6,10H2,(H,11,12,13,14). The Labute approximate surface area is 83.5 Å². The predicted octanol–water partition coefficient (Wildman–Crippen LogP) is 0.507. The van der Waals surface area contributed by atoms with Crippen LogP contribution in [0, 0.1) is 11.8 Å². The van der Waals surface area contributed by atoms with Gasteiger partial charge in [-0.25, -0.2) is 0 Å². The van der Waals surface area contributed by atoms with E-state index in [-0.39, 0.29) is 0 Å². The Kier molecular flexibility index (Phi) is 3.08. The zero-order valence-electron chi connectivity index (χ0n) is 8.32. The minimum absolute atomic E-state index is 0.732. The SMILES string of the molecule is NCC1CCC(Cc2nn[nH]n2)CC1. The molecule has 1 aromatic heterocycles. The maximum atomic E-state index is 5.65. The molecule has 3 N–H and O–H groups in total. The van der Waals surface area contributed by atoms with Gasteiger partial charge in [0, 0.05) is 6.42 Å². The molecule has 5 heteroatoms. The molecule has 78 valence electrons. The number of tetrazole rings is 1. The molecule has 1 aliphatic carbocycles. The number of aromatic nitrogens is 4. The molecule has 1 saturated carbocycles. The molecule has 0 unspecified atom stereocenters. The van der Waals surface area contributed by atoms with Gasteiger partial charge in [0.2, 0.25) is 0 Å². The van der Waals surface area contributed by atoms with Gasteiger partial charge in [-0.1, -0.05) is 5.21 Å². The summed E-state index contributed by atoms with van der Waals surface area (Å²) in [4.78, 5) is 0. The highest BCUT2D eigenvalue weighted by Gasteiger charge is 2.21. The fourth-order valence-corrected chi connectivity index (χ4v) is 2.20. The van der Waals surface area contributed by atoms with Crippen LogP contribution in [0.4, 0.5) is 0 Å². The molecule has 0 radical (unpaired) electrons. The van der Waals surface area contributed by atoms with E-state index in [4.69, 9.17) is 5.73 Å². The summed E-state index contributed by atoms with van der Waals surface area (Å²) in [5.74, 6) is 2.33. The summed E-state index contributed by atoms with van der Waals surface area (Å²) in [6, 6.07) is 0. The summed E-state index contributed by atoms with van der Waals surface area (Å²) in [6.45, 7) is 0.842. The summed E-state index contributed by atoms with van der Waals surface area (Å²) >= 11 is 0. The Morgan fingerprint density at radius 1 is 1.21 bits per heavy atom. The molecule has 0 spiro atoms. The predicted molar refractivity (Wildman–Crippen MR) is 52.4 cm³/mol. The molecule has 14 heavy (non-hydrogen) atoms. The molecule has 0 amide bonds. The van der Waals surface area contributed by atoms with Gasteiger partial charge in [-0.05, 0) is 44.1 Å². The van der Waals surface area contributed by atoms with Gasteiger partial charge in [0.1, 0.15) is 0 Å². The van der Waals surface area contributed by atoms with Crippen LogP contribution in [0.2, 0.25) is 0 Å². The van der Waals surface area contributed by atoms with Crippen molar-refractivity contribution in [2.45, 2.75) is 32.1 Å². The van der Waals surface area contributed by atoms with Gasteiger partial charge in [0.15, 0.2) is 5.82 Å². The number of H-pyrrole nitrogens is 1.